The normalized spacial score (nSPS) is 16.3. The molecular formula is C27H29N5O2. The van der Waals surface area contributed by atoms with Crippen LogP contribution in [0.4, 0.5) is 0 Å². The van der Waals surface area contributed by atoms with Gasteiger partial charge in [0, 0.05) is 62.8 Å². The molecule has 34 heavy (non-hydrogen) atoms. The number of carbonyl (C=O) groups excluding carboxylic acids is 1. The lowest BCUT2D eigenvalue weighted by atomic mass is 10.1. The van der Waals surface area contributed by atoms with E-state index >= 15 is 0 Å². The lowest BCUT2D eigenvalue weighted by molar-refractivity contribution is -0.136. The summed E-state index contributed by atoms with van der Waals surface area (Å²) in [5, 5.41) is 2.28. The maximum absolute atomic E-state index is 12.2. The second kappa shape index (κ2) is 9.73. The van der Waals surface area contributed by atoms with Gasteiger partial charge in [-0.2, -0.15) is 0 Å². The van der Waals surface area contributed by atoms with Crippen molar-refractivity contribution in [2.45, 2.75) is 20.4 Å². The fourth-order valence-electron chi connectivity index (χ4n) is 4.36. The van der Waals surface area contributed by atoms with Crippen LogP contribution in [0.15, 0.2) is 59.9 Å². The third kappa shape index (κ3) is 4.99. The third-order valence-corrected chi connectivity index (χ3v) is 6.31. The molecule has 1 amide bonds. The summed E-state index contributed by atoms with van der Waals surface area (Å²) >= 11 is 0. The van der Waals surface area contributed by atoms with Gasteiger partial charge in [-0.05, 0) is 46.2 Å². The first-order valence-electron chi connectivity index (χ1n) is 11.8. The SMILES string of the molecule is CC(C)C(=O)N1CCN(Cc2ccc3cc(Oc4ncc(C5=CC=NC5)cn4)ccc3c2)CC1. The molecule has 2 aromatic carbocycles. The summed E-state index contributed by atoms with van der Waals surface area (Å²) in [5.74, 6) is 1.03. The van der Waals surface area contributed by atoms with Crippen molar-refractivity contribution in [1.82, 2.24) is 19.8 Å². The molecule has 0 unspecified atom stereocenters. The van der Waals surface area contributed by atoms with Gasteiger partial charge in [-0.1, -0.05) is 32.0 Å². The fourth-order valence-corrected chi connectivity index (χ4v) is 4.36. The van der Waals surface area contributed by atoms with Crippen LogP contribution in [0.25, 0.3) is 16.3 Å². The zero-order chi connectivity index (χ0) is 23.5. The molecule has 0 atom stereocenters. The number of hydrogen-bond acceptors (Lipinski definition) is 6. The topological polar surface area (TPSA) is 70.9 Å². The molecule has 0 N–H and O–H groups in total. The van der Waals surface area contributed by atoms with Crippen LogP contribution in [0.1, 0.15) is 25.0 Å². The molecule has 2 aliphatic rings. The summed E-state index contributed by atoms with van der Waals surface area (Å²) in [5.41, 5.74) is 3.34. The number of piperazine rings is 1. The summed E-state index contributed by atoms with van der Waals surface area (Å²) < 4.78 is 5.89. The van der Waals surface area contributed by atoms with Crippen molar-refractivity contribution in [2.75, 3.05) is 32.7 Å². The van der Waals surface area contributed by atoms with E-state index in [1.54, 1.807) is 18.6 Å². The Hall–Kier alpha value is -3.58. The predicted molar refractivity (Wildman–Crippen MR) is 134 cm³/mol. The number of nitrogens with zero attached hydrogens (tertiary/aromatic N) is 5. The molecular weight excluding hydrogens is 426 g/mol. The van der Waals surface area contributed by atoms with Crippen LogP contribution in [0.2, 0.25) is 0 Å². The van der Waals surface area contributed by atoms with Gasteiger partial charge in [-0.3, -0.25) is 14.7 Å². The van der Waals surface area contributed by atoms with Gasteiger partial charge in [0.15, 0.2) is 0 Å². The average Bonchev–Trinajstić information content (AvgIpc) is 3.40. The Balaban J connectivity index is 1.20. The largest absolute Gasteiger partial charge is 0.424 e. The van der Waals surface area contributed by atoms with E-state index in [0.29, 0.717) is 18.3 Å². The quantitative estimate of drug-likeness (QED) is 0.557. The van der Waals surface area contributed by atoms with Gasteiger partial charge in [0.2, 0.25) is 5.91 Å². The lowest BCUT2D eigenvalue weighted by Crippen LogP contribution is -2.49. The number of hydrogen-bond donors (Lipinski definition) is 0. The molecule has 1 fully saturated rings. The number of benzene rings is 2. The van der Waals surface area contributed by atoms with E-state index in [1.807, 2.05) is 37.0 Å². The number of fused-ring (bicyclic) bond motifs is 1. The number of aliphatic imine (C=N–C) groups is 1. The molecule has 5 rings (SSSR count). The van der Waals surface area contributed by atoms with E-state index in [4.69, 9.17) is 4.74 Å². The molecule has 0 bridgehead atoms. The monoisotopic (exact) mass is 455 g/mol. The Labute approximate surface area is 199 Å². The number of rotatable bonds is 6. The number of aromatic nitrogens is 2. The second-order valence-electron chi connectivity index (χ2n) is 9.14. The molecule has 0 radical (unpaired) electrons. The first-order chi connectivity index (χ1) is 16.5. The smallest absolute Gasteiger partial charge is 0.321 e. The van der Waals surface area contributed by atoms with Gasteiger partial charge in [-0.25, -0.2) is 9.97 Å². The zero-order valence-electron chi connectivity index (χ0n) is 19.6. The number of carbonyl (C=O) groups is 1. The van der Waals surface area contributed by atoms with E-state index in [2.05, 4.69) is 44.1 Å². The van der Waals surface area contributed by atoms with Crippen molar-refractivity contribution in [3.8, 4) is 11.8 Å². The Kier molecular flexibility index (Phi) is 6.36. The highest BCUT2D eigenvalue weighted by molar-refractivity contribution is 5.89. The maximum Gasteiger partial charge on any atom is 0.321 e. The van der Waals surface area contributed by atoms with Gasteiger partial charge < -0.3 is 9.64 Å². The second-order valence-corrected chi connectivity index (χ2v) is 9.14. The Morgan fingerprint density at radius 2 is 1.74 bits per heavy atom. The van der Waals surface area contributed by atoms with Crippen LogP contribution >= 0.6 is 0 Å². The Morgan fingerprint density at radius 3 is 2.44 bits per heavy atom. The summed E-state index contributed by atoms with van der Waals surface area (Å²) in [7, 11) is 0. The highest BCUT2D eigenvalue weighted by atomic mass is 16.5. The van der Waals surface area contributed by atoms with Gasteiger partial charge in [0.05, 0.1) is 6.54 Å². The minimum absolute atomic E-state index is 0.0662. The van der Waals surface area contributed by atoms with E-state index in [-0.39, 0.29) is 11.8 Å². The van der Waals surface area contributed by atoms with Crippen LogP contribution in [0.3, 0.4) is 0 Å². The van der Waals surface area contributed by atoms with Crippen LogP contribution in [0.5, 0.6) is 11.8 Å². The van der Waals surface area contributed by atoms with Gasteiger partial charge in [0.1, 0.15) is 5.75 Å². The highest BCUT2D eigenvalue weighted by Gasteiger charge is 2.22. The lowest BCUT2D eigenvalue weighted by Gasteiger charge is -2.35. The third-order valence-electron chi connectivity index (χ3n) is 6.31. The molecule has 0 saturated carbocycles. The van der Waals surface area contributed by atoms with Gasteiger partial charge in [0.25, 0.3) is 0 Å². The number of ether oxygens (including phenoxy) is 1. The van der Waals surface area contributed by atoms with Crippen molar-refractivity contribution >= 4 is 28.5 Å². The molecule has 0 spiro atoms. The maximum atomic E-state index is 12.2. The van der Waals surface area contributed by atoms with E-state index in [0.717, 1.165) is 49.2 Å². The van der Waals surface area contributed by atoms with Crippen LogP contribution < -0.4 is 4.74 Å². The summed E-state index contributed by atoms with van der Waals surface area (Å²) in [6.45, 7) is 8.92. The zero-order valence-corrected chi connectivity index (χ0v) is 19.6. The molecule has 3 aromatic rings. The Morgan fingerprint density at radius 1 is 1.00 bits per heavy atom. The average molecular weight is 456 g/mol. The van der Waals surface area contributed by atoms with Crippen LogP contribution in [-0.2, 0) is 11.3 Å². The van der Waals surface area contributed by atoms with E-state index < -0.39 is 0 Å². The summed E-state index contributed by atoms with van der Waals surface area (Å²) in [6, 6.07) is 12.9. The van der Waals surface area contributed by atoms with Gasteiger partial charge >= 0.3 is 6.01 Å². The number of amides is 1. The van der Waals surface area contributed by atoms with Crippen molar-refractivity contribution in [1.29, 1.82) is 0 Å². The Bertz CT molecular complexity index is 1240. The van der Waals surface area contributed by atoms with E-state index in [9.17, 15) is 4.79 Å². The molecule has 3 heterocycles. The van der Waals surface area contributed by atoms with Crippen molar-refractivity contribution in [3.05, 3.63) is 66.0 Å². The fraction of sp³-hybridized carbons (Fsp3) is 0.333. The molecule has 7 heteroatoms. The van der Waals surface area contributed by atoms with E-state index in [1.165, 1.54) is 10.9 Å². The first kappa shape index (κ1) is 22.2. The molecule has 1 saturated heterocycles. The van der Waals surface area contributed by atoms with Crippen molar-refractivity contribution in [3.63, 3.8) is 0 Å². The van der Waals surface area contributed by atoms with Crippen molar-refractivity contribution in [2.24, 2.45) is 10.9 Å². The van der Waals surface area contributed by atoms with Crippen molar-refractivity contribution < 1.29 is 9.53 Å². The number of allylic oxidation sites excluding steroid dienone is 1. The minimum atomic E-state index is 0.0662. The standard InChI is InChI=1S/C27H29N5O2/c1-19(2)26(33)32-11-9-31(10-12-32)18-20-3-4-22-14-25(6-5-21(22)13-20)34-27-29-16-24(17-30-27)23-7-8-28-15-23/h3-8,13-14,16-17,19H,9-12,15,18H2,1-2H3. The molecule has 2 aliphatic heterocycles. The molecule has 7 nitrogen and oxygen atoms in total. The molecule has 174 valence electrons. The highest BCUT2D eigenvalue weighted by Crippen LogP contribution is 2.26. The van der Waals surface area contributed by atoms with Gasteiger partial charge in [-0.15, -0.1) is 0 Å². The van der Waals surface area contributed by atoms with Crippen LogP contribution in [0, 0.1) is 5.92 Å². The minimum Gasteiger partial charge on any atom is -0.424 e. The van der Waals surface area contributed by atoms with Crippen LogP contribution in [-0.4, -0.2) is 64.6 Å². The summed E-state index contributed by atoms with van der Waals surface area (Å²) in [6.07, 6.45) is 7.32. The first-order valence-corrected chi connectivity index (χ1v) is 11.8. The molecule has 0 aliphatic carbocycles. The predicted octanol–water partition coefficient (Wildman–Crippen LogP) is 4.19. The molecule has 1 aromatic heterocycles. The summed E-state index contributed by atoms with van der Waals surface area (Å²) in [4.78, 5) is 29.5.